The molecule has 1 amide bonds. The van der Waals surface area contributed by atoms with Crippen molar-refractivity contribution in [1.82, 2.24) is 0 Å². The van der Waals surface area contributed by atoms with Crippen LogP contribution >= 0.6 is 0 Å². The number of anilines is 1. The van der Waals surface area contributed by atoms with Crippen LogP contribution in [0.4, 0.5) is 5.69 Å². The van der Waals surface area contributed by atoms with E-state index in [0.29, 0.717) is 22.6 Å². The van der Waals surface area contributed by atoms with Crippen LogP contribution in [0.3, 0.4) is 0 Å². The van der Waals surface area contributed by atoms with E-state index in [0.717, 1.165) is 11.1 Å². The molecule has 0 saturated heterocycles. The van der Waals surface area contributed by atoms with Crippen molar-refractivity contribution < 1.29 is 19.1 Å². The summed E-state index contributed by atoms with van der Waals surface area (Å²) in [5.41, 5.74) is 3.00. The van der Waals surface area contributed by atoms with Crippen molar-refractivity contribution in [2.24, 2.45) is 0 Å². The van der Waals surface area contributed by atoms with Crippen molar-refractivity contribution in [3.8, 4) is 11.8 Å². The van der Waals surface area contributed by atoms with Gasteiger partial charge in [0, 0.05) is 5.69 Å². The molecule has 0 aromatic heterocycles. The zero-order chi connectivity index (χ0) is 19.3. The second kappa shape index (κ2) is 8.17. The average molecular weight is 352 g/mol. The fourth-order valence-electron chi connectivity index (χ4n) is 2.39. The summed E-state index contributed by atoms with van der Waals surface area (Å²) >= 11 is 0. The molecule has 0 aliphatic rings. The first-order chi connectivity index (χ1) is 12.3. The number of nitriles is 1. The van der Waals surface area contributed by atoms with Crippen molar-refractivity contribution in [2.75, 3.05) is 12.4 Å². The maximum absolute atomic E-state index is 12.4. The second-order valence-electron chi connectivity index (χ2n) is 5.85. The first-order valence-corrected chi connectivity index (χ1v) is 8.03. The maximum atomic E-state index is 12.4. The molecule has 2 aromatic carbocycles. The third kappa shape index (κ3) is 4.39. The Kier molecular flexibility index (Phi) is 5.97. The van der Waals surface area contributed by atoms with Crippen LogP contribution in [0.15, 0.2) is 36.4 Å². The fraction of sp³-hybridized carbons (Fsp3) is 0.250. The molecule has 1 N–H and O–H groups in total. The Morgan fingerprint density at radius 3 is 2.58 bits per heavy atom. The molecule has 26 heavy (non-hydrogen) atoms. The summed E-state index contributed by atoms with van der Waals surface area (Å²) in [5.74, 6) is -0.396. The zero-order valence-electron chi connectivity index (χ0n) is 15.1. The van der Waals surface area contributed by atoms with Crippen LogP contribution in [-0.4, -0.2) is 25.1 Å². The van der Waals surface area contributed by atoms with Crippen molar-refractivity contribution in [1.29, 1.82) is 5.26 Å². The van der Waals surface area contributed by atoms with E-state index in [1.54, 1.807) is 43.3 Å². The Morgan fingerprint density at radius 1 is 1.19 bits per heavy atom. The topological polar surface area (TPSA) is 88.4 Å². The highest BCUT2D eigenvalue weighted by Gasteiger charge is 2.18. The average Bonchev–Trinajstić information content (AvgIpc) is 2.63. The summed E-state index contributed by atoms with van der Waals surface area (Å²) in [4.78, 5) is 24.3. The van der Waals surface area contributed by atoms with Gasteiger partial charge in [0.1, 0.15) is 5.75 Å². The van der Waals surface area contributed by atoms with Crippen molar-refractivity contribution in [3.63, 3.8) is 0 Å². The molecule has 0 aliphatic carbocycles. The molecule has 0 spiro atoms. The summed E-state index contributed by atoms with van der Waals surface area (Å²) in [6.45, 7) is 5.28. The van der Waals surface area contributed by atoms with Crippen molar-refractivity contribution in [3.05, 3.63) is 58.7 Å². The Morgan fingerprint density at radius 2 is 1.92 bits per heavy atom. The van der Waals surface area contributed by atoms with E-state index in [9.17, 15) is 9.59 Å². The first-order valence-electron chi connectivity index (χ1n) is 8.03. The van der Waals surface area contributed by atoms with Crippen LogP contribution in [0, 0.1) is 25.2 Å². The van der Waals surface area contributed by atoms with Crippen LogP contribution in [0.1, 0.15) is 34.0 Å². The molecular formula is C20H20N2O4. The molecule has 134 valence electrons. The number of aryl methyl sites for hydroxylation is 1. The van der Waals surface area contributed by atoms with E-state index >= 15 is 0 Å². The van der Waals surface area contributed by atoms with Gasteiger partial charge in [-0.25, -0.2) is 4.79 Å². The SMILES string of the molecule is COC(=O)c1cc(NC(=O)C(C)Oc2cccc(C#N)c2)cc(C)c1C. The number of amides is 1. The van der Waals surface area contributed by atoms with Gasteiger partial charge >= 0.3 is 5.97 Å². The Bertz CT molecular complexity index is 884. The third-order valence-electron chi connectivity index (χ3n) is 3.99. The van der Waals surface area contributed by atoms with Gasteiger partial charge in [-0.05, 0) is 62.2 Å². The zero-order valence-corrected chi connectivity index (χ0v) is 15.1. The normalized spacial score (nSPS) is 11.2. The summed E-state index contributed by atoms with van der Waals surface area (Å²) in [7, 11) is 1.31. The summed E-state index contributed by atoms with van der Waals surface area (Å²) in [6, 6.07) is 12.0. The lowest BCUT2D eigenvalue weighted by atomic mass is 10.0. The number of nitrogens with zero attached hydrogens (tertiary/aromatic N) is 1. The minimum Gasteiger partial charge on any atom is -0.481 e. The number of carbonyl (C=O) groups excluding carboxylic acids is 2. The Balaban J connectivity index is 2.15. The minimum absolute atomic E-state index is 0.369. The molecule has 6 nitrogen and oxygen atoms in total. The van der Waals surface area contributed by atoms with E-state index < -0.39 is 12.1 Å². The number of esters is 1. The highest BCUT2D eigenvalue weighted by atomic mass is 16.5. The molecule has 0 aliphatic heterocycles. The largest absolute Gasteiger partial charge is 0.481 e. The minimum atomic E-state index is -0.785. The summed E-state index contributed by atoms with van der Waals surface area (Å²) < 4.78 is 10.4. The first kappa shape index (κ1) is 19.0. The summed E-state index contributed by atoms with van der Waals surface area (Å²) in [6.07, 6.45) is -0.785. The lowest BCUT2D eigenvalue weighted by Crippen LogP contribution is -2.30. The maximum Gasteiger partial charge on any atom is 0.338 e. The van der Waals surface area contributed by atoms with Gasteiger partial charge in [0.05, 0.1) is 24.3 Å². The Hall–Kier alpha value is -3.33. The van der Waals surface area contributed by atoms with Gasteiger partial charge in [-0.1, -0.05) is 6.07 Å². The lowest BCUT2D eigenvalue weighted by molar-refractivity contribution is -0.122. The quantitative estimate of drug-likeness (QED) is 0.834. The molecule has 1 unspecified atom stereocenters. The van der Waals surface area contributed by atoms with Crippen LogP contribution < -0.4 is 10.1 Å². The number of benzene rings is 2. The van der Waals surface area contributed by atoms with Gasteiger partial charge in [-0.15, -0.1) is 0 Å². The Labute approximate surface area is 152 Å². The molecule has 0 saturated carbocycles. The smallest absolute Gasteiger partial charge is 0.338 e. The number of carbonyl (C=O) groups is 2. The van der Waals surface area contributed by atoms with Gasteiger partial charge in [0.2, 0.25) is 0 Å². The molecule has 2 aromatic rings. The molecular weight excluding hydrogens is 332 g/mol. The predicted molar refractivity (Wildman–Crippen MR) is 97.1 cm³/mol. The molecule has 0 radical (unpaired) electrons. The number of rotatable bonds is 5. The number of hydrogen-bond donors (Lipinski definition) is 1. The van der Waals surface area contributed by atoms with Crippen LogP contribution in [0.25, 0.3) is 0 Å². The van der Waals surface area contributed by atoms with Gasteiger partial charge < -0.3 is 14.8 Å². The van der Waals surface area contributed by atoms with Gasteiger partial charge in [0.15, 0.2) is 6.10 Å². The number of nitrogens with one attached hydrogen (secondary N) is 1. The molecule has 0 bridgehead atoms. The standard InChI is InChI=1S/C20H20N2O4/c1-12-8-16(10-18(13(12)2)20(24)25-4)22-19(23)14(3)26-17-7-5-6-15(9-17)11-21/h5-10,14H,1-4H3,(H,22,23). The second-order valence-corrected chi connectivity index (χ2v) is 5.85. The van der Waals surface area contributed by atoms with E-state index in [1.165, 1.54) is 7.11 Å². The predicted octanol–water partition coefficient (Wildman–Crippen LogP) is 3.37. The number of hydrogen-bond acceptors (Lipinski definition) is 5. The molecule has 6 heteroatoms. The highest BCUT2D eigenvalue weighted by Crippen LogP contribution is 2.21. The molecule has 1 atom stereocenters. The highest BCUT2D eigenvalue weighted by molar-refractivity contribution is 5.97. The fourth-order valence-corrected chi connectivity index (χ4v) is 2.39. The van der Waals surface area contributed by atoms with Gasteiger partial charge in [0.25, 0.3) is 5.91 Å². The number of methoxy groups -OCH3 is 1. The van der Waals surface area contributed by atoms with E-state index in [4.69, 9.17) is 14.7 Å². The lowest BCUT2D eigenvalue weighted by Gasteiger charge is -2.16. The van der Waals surface area contributed by atoms with Gasteiger partial charge in [-0.2, -0.15) is 5.26 Å². The summed E-state index contributed by atoms with van der Waals surface area (Å²) in [5, 5.41) is 11.7. The van der Waals surface area contributed by atoms with E-state index in [1.807, 2.05) is 19.9 Å². The third-order valence-corrected chi connectivity index (χ3v) is 3.99. The van der Waals surface area contributed by atoms with Crippen LogP contribution in [0.5, 0.6) is 5.75 Å². The molecule has 2 rings (SSSR count). The van der Waals surface area contributed by atoms with Crippen molar-refractivity contribution in [2.45, 2.75) is 26.9 Å². The van der Waals surface area contributed by atoms with Crippen LogP contribution in [0.2, 0.25) is 0 Å². The number of ether oxygens (including phenoxy) is 2. The molecule has 0 heterocycles. The van der Waals surface area contributed by atoms with Gasteiger partial charge in [-0.3, -0.25) is 4.79 Å². The molecule has 0 fully saturated rings. The monoisotopic (exact) mass is 352 g/mol. The van der Waals surface area contributed by atoms with Crippen LogP contribution in [-0.2, 0) is 9.53 Å². The van der Waals surface area contributed by atoms with E-state index in [2.05, 4.69) is 5.32 Å². The van der Waals surface area contributed by atoms with E-state index in [-0.39, 0.29) is 5.91 Å². The van der Waals surface area contributed by atoms with Crippen molar-refractivity contribution >= 4 is 17.6 Å².